The molecule has 1 atom stereocenters. The van der Waals surface area contributed by atoms with Crippen LogP contribution >= 0.6 is 0 Å². The van der Waals surface area contributed by atoms with Gasteiger partial charge in [-0.2, -0.15) is 0 Å². The lowest BCUT2D eigenvalue weighted by Crippen LogP contribution is -2.60. The van der Waals surface area contributed by atoms with E-state index in [1.807, 2.05) is 4.90 Å². The molecule has 0 aromatic heterocycles. The van der Waals surface area contributed by atoms with Crippen molar-refractivity contribution in [2.45, 2.75) is 58.4 Å². The van der Waals surface area contributed by atoms with Crippen LogP contribution in [0, 0.1) is 11.3 Å². The third-order valence-electron chi connectivity index (χ3n) is 4.76. The molecule has 5 nitrogen and oxygen atoms in total. The van der Waals surface area contributed by atoms with Crippen molar-refractivity contribution in [3.63, 3.8) is 0 Å². The van der Waals surface area contributed by atoms with Gasteiger partial charge in [-0.05, 0) is 44.4 Å². The summed E-state index contributed by atoms with van der Waals surface area (Å²) in [4.78, 5) is 14.9. The summed E-state index contributed by atoms with van der Waals surface area (Å²) in [5.41, 5.74) is 5.09. The minimum atomic E-state index is -0.737. The fraction of sp³-hybridized carbons (Fsp3) is 0.857. The number of rotatable bonds is 3. The molecule has 1 aliphatic carbocycles. The zero-order chi connectivity index (χ0) is 14.0. The van der Waals surface area contributed by atoms with Gasteiger partial charge >= 0.3 is 0 Å². The highest BCUT2D eigenvalue weighted by Crippen LogP contribution is 2.47. The molecule has 1 aliphatic heterocycles. The maximum atomic E-state index is 12.9. The lowest BCUT2D eigenvalue weighted by molar-refractivity contribution is -0.148. The number of likely N-dealkylation sites (tertiary alicyclic amines) is 1. The minimum absolute atomic E-state index is 0.0763. The van der Waals surface area contributed by atoms with Crippen molar-refractivity contribution in [2.75, 3.05) is 6.54 Å². The molecule has 3 N–H and O–H groups in total. The Bertz CT molecular complexity index is 375. The van der Waals surface area contributed by atoms with Gasteiger partial charge in [-0.3, -0.25) is 4.79 Å². The summed E-state index contributed by atoms with van der Waals surface area (Å²) >= 11 is 0. The van der Waals surface area contributed by atoms with E-state index in [-0.39, 0.29) is 11.7 Å². The highest BCUT2D eigenvalue weighted by molar-refractivity contribution is 6.07. The molecule has 2 rings (SSSR count). The number of amidine groups is 1. The largest absolute Gasteiger partial charge is 0.409 e. The second-order valence-corrected chi connectivity index (χ2v) is 6.14. The molecule has 1 heterocycles. The number of oxime groups is 1. The molecule has 0 radical (unpaired) electrons. The van der Waals surface area contributed by atoms with Crippen LogP contribution in [-0.2, 0) is 4.79 Å². The zero-order valence-electron chi connectivity index (χ0n) is 11.9. The van der Waals surface area contributed by atoms with Crippen LogP contribution in [0.4, 0.5) is 0 Å². The Labute approximate surface area is 114 Å². The number of hydrogen-bond donors (Lipinski definition) is 2. The highest BCUT2D eigenvalue weighted by atomic mass is 16.4. The molecule has 1 saturated carbocycles. The van der Waals surface area contributed by atoms with Crippen LogP contribution in [0.25, 0.3) is 0 Å². The number of hydrogen-bond acceptors (Lipinski definition) is 3. The van der Waals surface area contributed by atoms with E-state index in [0.717, 1.165) is 25.8 Å². The van der Waals surface area contributed by atoms with Gasteiger partial charge in [0.15, 0.2) is 5.84 Å². The van der Waals surface area contributed by atoms with Crippen molar-refractivity contribution in [2.24, 2.45) is 22.2 Å². The Hall–Kier alpha value is -1.26. The van der Waals surface area contributed by atoms with Gasteiger partial charge in [0.1, 0.15) is 5.41 Å². The van der Waals surface area contributed by atoms with E-state index in [2.05, 4.69) is 19.0 Å². The molecule has 0 bridgehead atoms. The first-order chi connectivity index (χ1) is 9.05. The van der Waals surface area contributed by atoms with Crippen LogP contribution < -0.4 is 5.73 Å². The standard InChI is InChI=1S/C14H25N3O2/c1-3-11-6-4-5-7-17(11)13(18)14(12(15)16-19)8-10(2)9-14/h10-11,19H,3-9H2,1-2H3,(H2,15,16). The molecule has 1 saturated heterocycles. The van der Waals surface area contributed by atoms with Crippen LogP contribution in [0.2, 0.25) is 0 Å². The third kappa shape index (κ3) is 2.30. The number of amides is 1. The summed E-state index contributed by atoms with van der Waals surface area (Å²) in [5.74, 6) is 0.637. The Kier molecular flexibility index (Phi) is 4.02. The number of nitrogens with zero attached hydrogens (tertiary/aromatic N) is 2. The van der Waals surface area contributed by atoms with Crippen LogP contribution in [0.15, 0.2) is 5.16 Å². The van der Waals surface area contributed by atoms with Gasteiger partial charge in [0.05, 0.1) is 0 Å². The van der Waals surface area contributed by atoms with Crippen LogP contribution in [-0.4, -0.2) is 34.4 Å². The van der Waals surface area contributed by atoms with Gasteiger partial charge in [0.25, 0.3) is 0 Å². The van der Waals surface area contributed by atoms with E-state index in [4.69, 9.17) is 10.9 Å². The second kappa shape index (κ2) is 5.39. The first-order valence-corrected chi connectivity index (χ1v) is 7.34. The Balaban J connectivity index is 2.20. The number of nitrogens with two attached hydrogens (primary N) is 1. The van der Waals surface area contributed by atoms with Crippen LogP contribution in [0.3, 0.4) is 0 Å². The van der Waals surface area contributed by atoms with Gasteiger partial charge in [0, 0.05) is 12.6 Å². The molecule has 0 spiro atoms. The van der Waals surface area contributed by atoms with Crippen molar-refractivity contribution < 1.29 is 10.0 Å². The van der Waals surface area contributed by atoms with Crippen molar-refractivity contribution in [1.29, 1.82) is 0 Å². The van der Waals surface area contributed by atoms with E-state index in [1.54, 1.807) is 0 Å². The van der Waals surface area contributed by atoms with Gasteiger partial charge in [-0.15, -0.1) is 0 Å². The minimum Gasteiger partial charge on any atom is -0.409 e. The van der Waals surface area contributed by atoms with Crippen molar-refractivity contribution in [3.8, 4) is 0 Å². The molecule has 2 aliphatic rings. The number of carbonyl (C=O) groups excluding carboxylic acids is 1. The first-order valence-electron chi connectivity index (χ1n) is 7.34. The Morgan fingerprint density at radius 2 is 2.16 bits per heavy atom. The zero-order valence-corrected chi connectivity index (χ0v) is 11.9. The SMILES string of the molecule is CCC1CCCCN1C(=O)C1(C(N)=NO)CC(C)C1. The summed E-state index contributed by atoms with van der Waals surface area (Å²) in [7, 11) is 0. The lowest BCUT2D eigenvalue weighted by atomic mass is 9.60. The molecule has 19 heavy (non-hydrogen) atoms. The van der Waals surface area contributed by atoms with Gasteiger partial charge in [-0.25, -0.2) is 0 Å². The molecular weight excluding hydrogens is 242 g/mol. The van der Waals surface area contributed by atoms with Crippen molar-refractivity contribution in [1.82, 2.24) is 4.90 Å². The lowest BCUT2D eigenvalue weighted by Gasteiger charge is -2.48. The quantitative estimate of drug-likeness (QED) is 0.355. The summed E-state index contributed by atoms with van der Waals surface area (Å²) in [5, 5.41) is 12.1. The highest BCUT2D eigenvalue weighted by Gasteiger charge is 2.54. The van der Waals surface area contributed by atoms with Crippen molar-refractivity contribution in [3.05, 3.63) is 0 Å². The third-order valence-corrected chi connectivity index (χ3v) is 4.76. The fourth-order valence-corrected chi connectivity index (χ4v) is 3.69. The smallest absolute Gasteiger partial charge is 0.236 e. The second-order valence-electron chi connectivity index (χ2n) is 6.14. The summed E-state index contributed by atoms with van der Waals surface area (Å²) in [6, 6.07) is 0.320. The molecule has 1 unspecified atom stereocenters. The first kappa shape index (κ1) is 14.2. The molecular formula is C14H25N3O2. The van der Waals surface area contributed by atoms with E-state index >= 15 is 0 Å². The van der Waals surface area contributed by atoms with Gasteiger partial charge in [0.2, 0.25) is 5.91 Å². The normalized spacial score (nSPS) is 35.9. The molecule has 2 fully saturated rings. The van der Waals surface area contributed by atoms with Gasteiger partial charge in [-0.1, -0.05) is 19.0 Å². The predicted octanol–water partition coefficient (Wildman–Crippen LogP) is 1.94. The molecule has 108 valence electrons. The van der Waals surface area contributed by atoms with Crippen LogP contribution in [0.5, 0.6) is 0 Å². The van der Waals surface area contributed by atoms with E-state index in [0.29, 0.717) is 24.8 Å². The maximum absolute atomic E-state index is 12.9. The monoisotopic (exact) mass is 267 g/mol. The average molecular weight is 267 g/mol. The summed E-state index contributed by atoms with van der Waals surface area (Å²) < 4.78 is 0. The summed E-state index contributed by atoms with van der Waals surface area (Å²) in [6.07, 6.45) is 5.71. The Morgan fingerprint density at radius 1 is 1.47 bits per heavy atom. The van der Waals surface area contributed by atoms with Gasteiger partial charge < -0.3 is 15.8 Å². The number of carbonyl (C=O) groups is 1. The molecule has 5 heteroatoms. The van der Waals surface area contributed by atoms with Crippen molar-refractivity contribution >= 4 is 11.7 Å². The molecule has 1 amide bonds. The topological polar surface area (TPSA) is 78.9 Å². The average Bonchev–Trinajstić information content (AvgIpc) is 2.41. The van der Waals surface area contributed by atoms with E-state index in [1.165, 1.54) is 6.42 Å². The van der Waals surface area contributed by atoms with Crippen LogP contribution in [0.1, 0.15) is 52.4 Å². The molecule has 0 aromatic rings. The van der Waals surface area contributed by atoms with E-state index in [9.17, 15) is 4.79 Å². The molecule has 0 aromatic carbocycles. The summed E-state index contributed by atoms with van der Waals surface area (Å²) in [6.45, 7) is 5.03. The maximum Gasteiger partial charge on any atom is 0.236 e. The predicted molar refractivity (Wildman–Crippen MR) is 73.9 cm³/mol. The fourth-order valence-electron chi connectivity index (χ4n) is 3.69. The Morgan fingerprint density at radius 3 is 2.68 bits per heavy atom. The number of piperidine rings is 1. The van der Waals surface area contributed by atoms with E-state index < -0.39 is 5.41 Å².